The number of amides is 1. The summed E-state index contributed by atoms with van der Waals surface area (Å²) in [7, 11) is 1.65. The summed E-state index contributed by atoms with van der Waals surface area (Å²) < 4.78 is 5.11. The van der Waals surface area contributed by atoms with E-state index in [4.69, 9.17) is 4.74 Å². The van der Waals surface area contributed by atoms with Crippen LogP contribution in [0.1, 0.15) is 5.56 Å². The number of carbonyl (C=O) groups is 1. The Labute approximate surface area is 119 Å². The summed E-state index contributed by atoms with van der Waals surface area (Å²) in [5.41, 5.74) is 1.01. The molecule has 2 saturated heterocycles. The molecular formula is C16H20N2O2. The number of benzene rings is 1. The summed E-state index contributed by atoms with van der Waals surface area (Å²) in [4.78, 5) is 14.1. The van der Waals surface area contributed by atoms with Crippen molar-refractivity contribution in [2.75, 3.05) is 33.3 Å². The molecule has 4 heteroatoms. The van der Waals surface area contributed by atoms with Crippen molar-refractivity contribution in [2.24, 2.45) is 11.8 Å². The predicted molar refractivity (Wildman–Crippen MR) is 78.5 cm³/mol. The molecule has 106 valence electrons. The summed E-state index contributed by atoms with van der Waals surface area (Å²) in [6, 6.07) is 7.70. The van der Waals surface area contributed by atoms with Gasteiger partial charge in [-0.05, 0) is 35.6 Å². The van der Waals surface area contributed by atoms with Gasteiger partial charge in [-0.3, -0.25) is 4.79 Å². The maximum Gasteiger partial charge on any atom is 0.246 e. The number of nitrogens with one attached hydrogen (secondary N) is 1. The van der Waals surface area contributed by atoms with E-state index < -0.39 is 0 Å². The van der Waals surface area contributed by atoms with Gasteiger partial charge in [0.15, 0.2) is 0 Å². The first-order valence-corrected chi connectivity index (χ1v) is 7.08. The van der Waals surface area contributed by atoms with E-state index in [1.807, 2.05) is 35.2 Å². The molecule has 2 fully saturated rings. The van der Waals surface area contributed by atoms with Crippen molar-refractivity contribution in [3.05, 3.63) is 35.9 Å². The van der Waals surface area contributed by atoms with Gasteiger partial charge in [-0.25, -0.2) is 0 Å². The third-order valence-corrected chi connectivity index (χ3v) is 4.24. The first-order chi connectivity index (χ1) is 9.76. The molecule has 2 atom stereocenters. The van der Waals surface area contributed by atoms with Crippen molar-refractivity contribution in [1.82, 2.24) is 10.2 Å². The fourth-order valence-corrected chi connectivity index (χ4v) is 3.02. The molecule has 20 heavy (non-hydrogen) atoms. The zero-order valence-corrected chi connectivity index (χ0v) is 11.7. The number of ether oxygens (including phenoxy) is 1. The number of rotatable bonds is 3. The van der Waals surface area contributed by atoms with Crippen LogP contribution < -0.4 is 10.1 Å². The summed E-state index contributed by atoms with van der Waals surface area (Å²) in [5.74, 6) is 2.24. The summed E-state index contributed by atoms with van der Waals surface area (Å²) in [5, 5.41) is 3.38. The summed E-state index contributed by atoms with van der Waals surface area (Å²) >= 11 is 0. The van der Waals surface area contributed by atoms with Crippen molar-refractivity contribution in [3.8, 4) is 5.75 Å². The van der Waals surface area contributed by atoms with Crippen LogP contribution in [0, 0.1) is 11.8 Å². The molecule has 2 aliphatic heterocycles. The molecule has 4 nitrogen and oxygen atoms in total. The second-order valence-corrected chi connectivity index (χ2v) is 5.53. The minimum Gasteiger partial charge on any atom is -0.497 e. The summed E-state index contributed by atoms with van der Waals surface area (Å²) in [6.45, 7) is 3.89. The fourth-order valence-electron chi connectivity index (χ4n) is 3.02. The molecule has 0 bridgehead atoms. The van der Waals surface area contributed by atoms with Gasteiger partial charge in [-0.2, -0.15) is 0 Å². The lowest BCUT2D eigenvalue weighted by molar-refractivity contribution is -0.125. The third-order valence-electron chi connectivity index (χ3n) is 4.24. The number of hydrogen-bond acceptors (Lipinski definition) is 3. The maximum atomic E-state index is 12.2. The molecule has 0 aromatic heterocycles. The smallest absolute Gasteiger partial charge is 0.246 e. The van der Waals surface area contributed by atoms with Crippen LogP contribution in [0.4, 0.5) is 0 Å². The van der Waals surface area contributed by atoms with Crippen LogP contribution >= 0.6 is 0 Å². The van der Waals surface area contributed by atoms with E-state index in [2.05, 4.69) is 5.32 Å². The van der Waals surface area contributed by atoms with Gasteiger partial charge in [0.1, 0.15) is 5.75 Å². The molecule has 2 unspecified atom stereocenters. The largest absolute Gasteiger partial charge is 0.497 e. The molecule has 0 radical (unpaired) electrons. The van der Waals surface area contributed by atoms with Crippen LogP contribution in [0.2, 0.25) is 0 Å². The number of fused-ring (bicyclic) bond motifs is 1. The first-order valence-electron chi connectivity index (χ1n) is 7.08. The van der Waals surface area contributed by atoms with E-state index in [9.17, 15) is 4.79 Å². The average Bonchev–Trinajstić information content (AvgIpc) is 3.06. The van der Waals surface area contributed by atoms with E-state index >= 15 is 0 Å². The Kier molecular flexibility index (Phi) is 3.74. The Morgan fingerprint density at radius 2 is 1.90 bits per heavy atom. The van der Waals surface area contributed by atoms with Gasteiger partial charge in [0.25, 0.3) is 0 Å². The van der Waals surface area contributed by atoms with Crippen molar-refractivity contribution in [3.63, 3.8) is 0 Å². The highest BCUT2D eigenvalue weighted by atomic mass is 16.5. The van der Waals surface area contributed by atoms with Gasteiger partial charge in [0.05, 0.1) is 7.11 Å². The molecule has 1 N–H and O–H groups in total. The van der Waals surface area contributed by atoms with E-state index in [0.717, 1.165) is 37.5 Å². The lowest BCUT2D eigenvalue weighted by atomic mass is 10.0. The van der Waals surface area contributed by atoms with E-state index in [1.165, 1.54) is 0 Å². The van der Waals surface area contributed by atoms with E-state index in [0.29, 0.717) is 11.8 Å². The lowest BCUT2D eigenvalue weighted by Crippen LogP contribution is -2.30. The molecule has 1 aromatic carbocycles. The van der Waals surface area contributed by atoms with Crippen LogP contribution in [-0.4, -0.2) is 44.1 Å². The minimum absolute atomic E-state index is 0.121. The Morgan fingerprint density at radius 1 is 1.25 bits per heavy atom. The Balaban J connectivity index is 1.59. The van der Waals surface area contributed by atoms with Crippen molar-refractivity contribution in [1.29, 1.82) is 0 Å². The molecule has 0 saturated carbocycles. The predicted octanol–water partition coefficient (Wildman–Crippen LogP) is 1.39. The second-order valence-electron chi connectivity index (χ2n) is 5.53. The highest BCUT2D eigenvalue weighted by molar-refractivity contribution is 5.92. The minimum atomic E-state index is 0.121. The molecule has 2 aliphatic rings. The average molecular weight is 272 g/mol. The van der Waals surface area contributed by atoms with Crippen LogP contribution in [0.3, 0.4) is 0 Å². The second kappa shape index (κ2) is 5.67. The molecule has 1 aromatic rings. The van der Waals surface area contributed by atoms with E-state index in [1.54, 1.807) is 13.2 Å². The van der Waals surface area contributed by atoms with Gasteiger partial charge >= 0.3 is 0 Å². The molecule has 1 amide bonds. The lowest BCUT2D eigenvalue weighted by Gasteiger charge is -2.14. The van der Waals surface area contributed by atoms with Gasteiger partial charge in [0.2, 0.25) is 5.91 Å². The number of nitrogens with zero attached hydrogens (tertiary/aromatic N) is 1. The maximum absolute atomic E-state index is 12.2. The van der Waals surface area contributed by atoms with Crippen LogP contribution in [0.25, 0.3) is 6.08 Å². The van der Waals surface area contributed by atoms with Crippen molar-refractivity contribution >= 4 is 12.0 Å². The van der Waals surface area contributed by atoms with Crippen LogP contribution in [-0.2, 0) is 4.79 Å². The highest BCUT2D eigenvalue weighted by Gasteiger charge is 2.37. The number of likely N-dealkylation sites (tertiary alicyclic amines) is 1. The molecule has 3 rings (SSSR count). The van der Waals surface area contributed by atoms with Crippen LogP contribution in [0.15, 0.2) is 30.3 Å². The van der Waals surface area contributed by atoms with Gasteiger partial charge in [0, 0.05) is 32.3 Å². The van der Waals surface area contributed by atoms with E-state index in [-0.39, 0.29) is 5.91 Å². The molecule has 0 aliphatic carbocycles. The summed E-state index contributed by atoms with van der Waals surface area (Å²) in [6.07, 6.45) is 3.55. The Morgan fingerprint density at radius 3 is 2.50 bits per heavy atom. The Bertz CT molecular complexity index is 498. The quantitative estimate of drug-likeness (QED) is 0.845. The first kappa shape index (κ1) is 13.2. The highest BCUT2D eigenvalue weighted by Crippen LogP contribution is 2.26. The number of carbonyl (C=O) groups excluding carboxylic acids is 1. The monoisotopic (exact) mass is 272 g/mol. The van der Waals surface area contributed by atoms with Crippen LogP contribution in [0.5, 0.6) is 5.75 Å². The SMILES string of the molecule is COc1ccc(C=CC(=O)N2CC3CNCC3C2)cc1. The molecule has 2 heterocycles. The molecule has 0 spiro atoms. The normalized spacial score (nSPS) is 25.1. The topological polar surface area (TPSA) is 41.6 Å². The fraction of sp³-hybridized carbons (Fsp3) is 0.438. The van der Waals surface area contributed by atoms with Gasteiger partial charge in [-0.1, -0.05) is 12.1 Å². The van der Waals surface area contributed by atoms with Crippen molar-refractivity contribution in [2.45, 2.75) is 0 Å². The zero-order chi connectivity index (χ0) is 13.9. The Hall–Kier alpha value is -1.81. The van der Waals surface area contributed by atoms with Crippen molar-refractivity contribution < 1.29 is 9.53 Å². The number of methoxy groups -OCH3 is 1. The number of hydrogen-bond donors (Lipinski definition) is 1. The van der Waals surface area contributed by atoms with Gasteiger partial charge < -0.3 is 15.0 Å². The standard InChI is InChI=1S/C16H20N2O2/c1-20-15-5-2-12(3-6-15)4-7-16(19)18-10-13-8-17-9-14(13)11-18/h2-7,13-14,17H,8-11H2,1H3. The molecular weight excluding hydrogens is 252 g/mol. The zero-order valence-electron chi connectivity index (χ0n) is 11.7. The van der Waals surface area contributed by atoms with Gasteiger partial charge in [-0.15, -0.1) is 0 Å². The third kappa shape index (κ3) is 2.70.